The second-order valence-corrected chi connectivity index (χ2v) is 10.6. The molecule has 0 saturated heterocycles. The smallest absolute Gasteiger partial charge is 0.229 e. The third-order valence-electron chi connectivity index (χ3n) is 4.86. The summed E-state index contributed by atoms with van der Waals surface area (Å²) in [5.41, 5.74) is 2.78. The molecule has 0 saturated carbocycles. The fraction of sp³-hybridized carbons (Fsp3) is 0.435. The van der Waals surface area contributed by atoms with Crippen LogP contribution >= 0.6 is 0 Å². The number of amides is 1. The summed E-state index contributed by atoms with van der Waals surface area (Å²) in [4.78, 5) is 17.2. The number of hydrogen-bond donors (Lipinski definition) is 1. The predicted molar refractivity (Wildman–Crippen MR) is 124 cm³/mol. The van der Waals surface area contributed by atoms with Gasteiger partial charge in [-0.3, -0.25) is 9.52 Å². The Balaban J connectivity index is 2.52. The molecule has 1 amide bonds. The van der Waals surface area contributed by atoms with Gasteiger partial charge in [0.2, 0.25) is 15.9 Å². The maximum Gasteiger partial charge on any atom is 0.229 e. The van der Waals surface area contributed by atoms with Gasteiger partial charge in [0, 0.05) is 37.4 Å². The molecule has 2 aromatic rings. The zero-order chi connectivity index (χ0) is 22.7. The molecule has 1 atom stereocenters. The van der Waals surface area contributed by atoms with Gasteiger partial charge in [-0.15, -0.1) is 0 Å². The quantitative estimate of drug-likeness (QED) is 0.711. The highest BCUT2D eigenvalue weighted by molar-refractivity contribution is 7.92. The van der Waals surface area contributed by atoms with E-state index in [9.17, 15) is 13.2 Å². The maximum absolute atomic E-state index is 13.4. The van der Waals surface area contributed by atoms with Crippen molar-refractivity contribution < 1.29 is 13.2 Å². The van der Waals surface area contributed by atoms with Crippen LogP contribution in [-0.2, 0) is 21.4 Å². The van der Waals surface area contributed by atoms with Crippen LogP contribution in [0.25, 0.3) is 0 Å². The van der Waals surface area contributed by atoms with Gasteiger partial charge < -0.3 is 9.80 Å². The molecule has 1 N–H and O–H groups in total. The van der Waals surface area contributed by atoms with Crippen LogP contribution in [0.3, 0.4) is 0 Å². The average molecular weight is 432 g/mol. The van der Waals surface area contributed by atoms with E-state index >= 15 is 0 Å². The predicted octanol–water partition coefficient (Wildman–Crippen LogP) is 4.26. The van der Waals surface area contributed by atoms with Gasteiger partial charge in [0.25, 0.3) is 0 Å². The molecule has 0 aliphatic heterocycles. The molecule has 0 spiro atoms. The zero-order valence-electron chi connectivity index (χ0n) is 18.9. The fourth-order valence-corrected chi connectivity index (χ4v) is 3.89. The van der Waals surface area contributed by atoms with Crippen molar-refractivity contribution in [1.82, 2.24) is 4.90 Å². The highest BCUT2D eigenvalue weighted by atomic mass is 32.2. The Bertz CT molecular complexity index is 980. The Hall–Kier alpha value is -2.54. The second kappa shape index (κ2) is 9.08. The lowest BCUT2D eigenvalue weighted by molar-refractivity contribution is -0.142. The van der Waals surface area contributed by atoms with E-state index in [4.69, 9.17) is 0 Å². The number of anilines is 2. The van der Waals surface area contributed by atoms with Crippen LogP contribution in [0, 0.1) is 5.41 Å². The first kappa shape index (κ1) is 23.7. The molecule has 164 valence electrons. The molecule has 2 aromatic carbocycles. The molecular formula is C23H33N3O3S. The SMILES string of the molecule is CC(c1ccccc1)N(Cc1cc(NS(C)(=O)=O)ccc1N(C)C)C(=O)C(C)(C)C. The van der Waals surface area contributed by atoms with Crippen molar-refractivity contribution in [3.05, 3.63) is 59.7 Å². The molecule has 7 heteroatoms. The van der Waals surface area contributed by atoms with Gasteiger partial charge in [-0.2, -0.15) is 0 Å². The maximum atomic E-state index is 13.4. The Labute approximate surface area is 180 Å². The standard InChI is InChI=1S/C23H33N3O3S/c1-17(18-11-9-8-10-12-18)26(22(27)23(2,3)4)16-19-15-20(24-30(7,28)29)13-14-21(19)25(5)6/h8-15,17,24H,16H2,1-7H3. The highest BCUT2D eigenvalue weighted by Gasteiger charge is 2.31. The molecule has 30 heavy (non-hydrogen) atoms. The van der Waals surface area contributed by atoms with E-state index in [1.165, 1.54) is 0 Å². The van der Waals surface area contributed by atoms with E-state index < -0.39 is 15.4 Å². The normalized spacial score (nSPS) is 12.9. The van der Waals surface area contributed by atoms with Gasteiger partial charge in [0.1, 0.15) is 0 Å². The average Bonchev–Trinajstić information content (AvgIpc) is 2.63. The van der Waals surface area contributed by atoms with E-state index in [0.29, 0.717) is 12.2 Å². The van der Waals surface area contributed by atoms with Gasteiger partial charge in [0.05, 0.1) is 12.3 Å². The van der Waals surface area contributed by atoms with Crippen molar-refractivity contribution in [2.45, 2.75) is 40.3 Å². The molecule has 0 radical (unpaired) electrons. The van der Waals surface area contributed by atoms with Gasteiger partial charge in [-0.1, -0.05) is 51.1 Å². The van der Waals surface area contributed by atoms with Crippen LogP contribution in [0.1, 0.15) is 44.9 Å². The van der Waals surface area contributed by atoms with Crippen molar-refractivity contribution in [3.8, 4) is 0 Å². The van der Waals surface area contributed by atoms with Crippen LogP contribution in [0.15, 0.2) is 48.5 Å². The van der Waals surface area contributed by atoms with Gasteiger partial charge in [-0.05, 0) is 36.2 Å². The fourth-order valence-electron chi connectivity index (χ4n) is 3.34. The Kier molecular flexibility index (Phi) is 7.18. The third-order valence-corrected chi connectivity index (χ3v) is 5.46. The number of hydrogen-bond acceptors (Lipinski definition) is 4. The van der Waals surface area contributed by atoms with Crippen LogP contribution < -0.4 is 9.62 Å². The molecule has 6 nitrogen and oxygen atoms in total. The summed E-state index contributed by atoms with van der Waals surface area (Å²) in [6, 6.07) is 15.2. The summed E-state index contributed by atoms with van der Waals surface area (Å²) in [5, 5.41) is 0. The number of carbonyl (C=O) groups is 1. The lowest BCUT2D eigenvalue weighted by Gasteiger charge is -2.35. The number of benzene rings is 2. The summed E-state index contributed by atoms with van der Waals surface area (Å²) < 4.78 is 25.9. The van der Waals surface area contributed by atoms with E-state index in [2.05, 4.69) is 4.72 Å². The van der Waals surface area contributed by atoms with Crippen molar-refractivity contribution in [3.63, 3.8) is 0 Å². The highest BCUT2D eigenvalue weighted by Crippen LogP contribution is 2.32. The Morgan fingerprint density at radius 3 is 2.17 bits per heavy atom. The first-order valence-electron chi connectivity index (χ1n) is 9.93. The minimum absolute atomic E-state index is 0.0324. The largest absolute Gasteiger partial charge is 0.377 e. The molecule has 0 fully saturated rings. The van der Waals surface area contributed by atoms with E-state index in [1.54, 1.807) is 12.1 Å². The Morgan fingerprint density at radius 2 is 1.67 bits per heavy atom. The van der Waals surface area contributed by atoms with Crippen LogP contribution in [0.5, 0.6) is 0 Å². The van der Waals surface area contributed by atoms with Crippen molar-refractivity contribution in [2.24, 2.45) is 5.41 Å². The topological polar surface area (TPSA) is 69.7 Å². The third kappa shape index (κ3) is 6.23. The van der Waals surface area contributed by atoms with E-state index in [1.807, 2.05) is 88.0 Å². The summed E-state index contributed by atoms with van der Waals surface area (Å²) in [7, 11) is 0.461. The number of sulfonamides is 1. The monoisotopic (exact) mass is 431 g/mol. The van der Waals surface area contributed by atoms with Gasteiger partial charge in [0.15, 0.2) is 0 Å². The minimum Gasteiger partial charge on any atom is -0.377 e. The summed E-state index contributed by atoms with van der Waals surface area (Å²) >= 11 is 0. The van der Waals surface area contributed by atoms with Crippen LogP contribution in [0.2, 0.25) is 0 Å². The summed E-state index contributed by atoms with van der Waals surface area (Å²) in [6.45, 7) is 8.11. The van der Waals surface area contributed by atoms with Gasteiger partial charge >= 0.3 is 0 Å². The number of nitrogens with one attached hydrogen (secondary N) is 1. The van der Waals surface area contributed by atoms with E-state index in [0.717, 1.165) is 23.1 Å². The summed E-state index contributed by atoms with van der Waals surface area (Å²) in [5.74, 6) is 0.0324. The zero-order valence-corrected chi connectivity index (χ0v) is 19.7. The lowest BCUT2D eigenvalue weighted by atomic mass is 9.92. The van der Waals surface area contributed by atoms with Crippen molar-refractivity contribution >= 4 is 27.3 Å². The number of rotatable bonds is 7. The molecule has 1 unspecified atom stereocenters. The molecule has 2 rings (SSSR count). The minimum atomic E-state index is -3.40. The lowest BCUT2D eigenvalue weighted by Crippen LogP contribution is -2.40. The number of carbonyl (C=O) groups excluding carboxylic acids is 1. The first-order chi connectivity index (χ1) is 13.8. The molecule has 0 bridgehead atoms. The van der Waals surface area contributed by atoms with Crippen molar-refractivity contribution in [1.29, 1.82) is 0 Å². The Morgan fingerprint density at radius 1 is 1.07 bits per heavy atom. The molecule has 0 aliphatic carbocycles. The molecule has 0 aliphatic rings. The summed E-state index contributed by atoms with van der Waals surface area (Å²) in [6.07, 6.45) is 1.12. The van der Waals surface area contributed by atoms with Gasteiger partial charge in [-0.25, -0.2) is 8.42 Å². The molecule has 0 aromatic heterocycles. The number of nitrogens with zero attached hydrogens (tertiary/aromatic N) is 2. The van der Waals surface area contributed by atoms with E-state index in [-0.39, 0.29) is 11.9 Å². The first-order valence-corrected chi connectivity index (χ1v) is 11.8. The molecular weight excluding hydrogens is 398 g/mol. The van der Waals surface area contributed by atoms with Crippen molar-refractivity contribution in [2.75, 3.05) is 30.0 Å². The second-order valence-electron chi connectivity index (χ2n) is 8.88. The molecule has 0 heterocycles. The van der Waals surface area contributed by atoms with Crippen LogP contribution in [0.4, 0.5) is 11.4 Å². The van der Waals surface area contributed by atoms with Crippen LogP contribution in [-0.4, -0.2) is 39.6 Å².